The molecule has 2 atom stereocenters. The number of rotatable bonds is 1. The van der Waals surface area contributed by atoms with Crippen LogP contribution in [-0.2, 0) is 9.47 Å². The summed E-state index contributed by atoms with van der Waals surface area (Å²) < 4.78 is 11.3. The predicted molar refractivity (Wildman–Crippen MR) is 81.6 cm³/mol. The van der Waals surface area contributed by atoms with Crippen LogP contribution >= 0.6 is 0 Å². The summed E-state index contributed by atoms with van der Waals surface area (Å²) >= 11 is 0. The summed E-state index contributed by atoms with van der Waals surface area (Å²) in [6.45, 7) is 13.8. The van der Waals surface area contributed by atoms with Crippen molar-refractivity contribution in [3.05, 3.63) is 11.5 Å². The van der Waals surface area contributed by atoms with Gasteiger partial charge in [0.15, 0.2) is 5.57 Å². The topological polar surface area (TPSA) is 66.6 Å². The highest BCUT2D eigenvalue weighted by molar-refractivity contribution is 5.98. The van der Waals surface area contributed by atoms with Gasteiger partial charge in [-0.05, 0) is 10.8 Å². The van der Waals surface area contributed by atoms with Crippen LogP contribution in [-0.4, -0.2) is 31.2 Å². The summed E-state index contributed by atoms with van der Waals surface area (Å²) in [5.41, 5.74) is 0.452. The summed E-state index contributed by atoms with van der Waals surface area (Å²) in [6, 6.07) is 2.41. The molecule has 1 fully saturated rings. The fraction of sp³-hybridized carbons (Fsp3) is 0.750. The third-order valence-electron chi connectivity index (χ3n) is 3.95. The van der Waals surface area contributed by atoms with Crippen molar-refractivity contribution in [3.63, 3.8) is 0 Å². The van der Waals surface area contributed by atoms with E-state index in [1.807, 2.05) is 0 Å². The third-order valence-corrected chi connectivity index (χ3v) is 3.95. The van der Waals surface area contributed by atoms with Crippen LogP contribution in [0.1, 0.15) is 41.5 Å². The average molecular weight is 291 g/mol. The van der Waals surface area contributed by atoms with E-state index in [1.54, 1.807) is 0 Å². The second-order valence-electron chi connectivity index (χ2n) is 7.82. The molecule has 2 aliphatic heterocycles. The molecule has 1 N–H and O–H groups in total. The first kappa shape index (κ1) is 15.7. The second kappa shape index (κ2) is 5.25. The summed E-state index contributed by atoms with van der Waals surface area (Å²) in [5.74, 6) is 0.889. The first-order valence-corrected chi connectivity index (χ1v) is 7.37. The Morgan fingerprint density at radius 1 is 1.14 bits per heavy atom. The summed E-state index contributed by atoms with van der Waals surface area (Å²) in [7, 11) is 0. The van der Waals surface area contributed by atoms with Gasteiger partial charge in [0.05, 0.1) is 12.1 Å². The number of nitriles is 1. The molecule has 116 valence electrons. The third kappa shape index (κ3) is 3.31. The largest absolute Gasteiger partial charge is 0.476 e. The van der Waals surface area contributed by atoms with E-state index in [0.29, 0.717) is 30.6 Å². The minimum Gasteiger partial charge on any atom is -0.476 e. The quantitative estimate of drug-likeness (QED) is 0.754. The van der Waals surface area contributed by atoms with Crippen molar-refractivity contribution in [2.75, 3.05) is 13.2 Å². The van der Waals surface area contributed by atoms with Gasteiger partial charge >= 0.3 is 0 Å². The molecule has 0 amide bonds. The lowest BCUT2D eigenvalue weighted by atomic mass is 9.88. The van der Waals surface area contributed by atoms with Crippen molar-refractivity contribution in [1.29, 1.82) is 5.26 Å². The lowest BCUT2D eigenvalue weighted by molar-refractivity contribution is 0.213. The van der Waals surface area contributed by atoms with Crippen LogP contribution in [0.2, 0.25) is 0 Å². The zero-order chi connectivity index (χ0) is 15.8. The number of nitrogens with zero attached hydrogens (tertiary/aromatic N) is 2. The Hall–Kier alpha value is -1.70. The number of ether oxygens (including phenoxy) is 2. The van der Waals surface area contributed by atoms with Crippen molar-refractivity contribution in [2.24, 2.45) is 15.8 Å². The number of hydrogen-bond donors (Lipinski definition) is 1. The molecule has 2 heterocycles. The highest BCUT2D eigenvalue weighted by Crippen LogP contribution is 2.30. The van der Waals surface area contributed by atoms with Gasteiger partial charge in [-0.15, -0.1) is 0 Å². The fourth-order valence-electron chi connectivity index (χ4n) is 2.17. The zero-order valence-electron chi connectivity index (χ0n) is 13.8. The molecule has 0 spiro atoms. The molecule has 21 heavy (non-hydrogen) atoms. The van der Waals surface area contributed by atoms with Gasteiger partial charge in [-0.1, -0.05) is 41.5 Å². The molecular weight excluding hydrogens is 266 g/mol. The number of nitrogens with one attached hydrogen (secondary N) is 1. The Labute approximate surface area is 127 Å². The van der Waals surface area contributed by atoms with Crippen molar-refractivity contribution in [2.45, 2.75) is 53.6 Å². The molecule has 0 unspecified atom stereocenters. The standard InChI is InChI=1S/C16H25N3O2/c1-15(2,3)11-8-20-13(18-11)10(7-17)14-19-12(9-21-14)16(4,5)6/h11-12,18H,8-9H2,1-6H3/t11-,12-/m1/s1. The van der Waals surface area contributed by atoms with Gasteiger partial charge in [-0.25, -0.2) is 4.99 Å². The molecule has 5 nitrogen and oxygen atoms in total. The lowest BCUT2D eigenvalue weighted by Gasteiger charge is -2.24. The van der Waals surface area contributed by atoms with Crippen molar-refractivity contribution < 1.29 is 9.47 Å². The minimum atomic E-state index is 0.0187. The van der Waals surface area contributed by atoms with Crippen molar-refractivity contribution >= 4 is 5.90 Å². The lowest BCUT2D eigenvalue weighted by Crippen LogP contribution is -2.36. The molecule has 0 aliphatic carbocycles. The molecule has 5 heteroatoms. The molecule has 1 saturated heterocycles. The predicted octanol–water partition coefficient (Wildman–Crippen LogP) is 2.60. The summed E-state index contributed by atoms with van der Waals surface area (Å²) in [5, 5.41) is 12.7. The normalized spacial score (nSPS) is 28.1. The number of aliphatic imine (C=N–C) groups is 1. The molecule has 2 aliphatic rings. The number of hydrogen-bond acceptors (Lipinski definition) is 5. The van der Waals surface area contributed by atoms with E-state index >= 15 is 0 Å². The Bertz CT molecular complexity index is 515. The molecular formula is C16H25N3O2. The smallest absolute Gasteiger partial charge is 0.233 e. The maximum Gasteiger partial charge on any atom is 0.233 e. The molecule has 0 saturated carbocycles. The van der Waals surface area contributed by atoms with E-state index in [9.17, 15) is 5.26 Å². The van der Waals surface area contributed by atoms with Crippen LogP contribution in [0.5, 0.6) is 0 Å². The Balaban J connectivity index is 2.23. The molecule has 0 aromatic heterocycles. The van der Waals surface area contributed by atoms with Gasteiger partial charge < -0.3 is 14.8 Å². The van der Waals surface area contributed by atoms with Gasteiger partial charge in [0.25, 0.3) is 0 Å². The van der Waals surface area contributed by atoms with E-state index in [1.165, 1.54) is 0 Å². The molecule has 2 rings (SSSR count). The van der Waals surface area contributed by atoms with E-state index in [4.69, 9.17) is 9.47 Å². The van der Waals surface area contributed by atoms with Crippen molar-refractivity contribution in [1.82, 2.24) is 5.32 Å². The van der Waals surface area contributed by atoms with Gasteiger partial charge in [-0.2, -0.15) is 5.26 Å². The van der Waals surface area contributed by atoms with Gasteiger partial charge in [0.2, 0.25) is 11.8 Å². The van der Waals surface area contributed by atoms with Crippen LogP contribution < -0.4 is 5.32 Å². The highest BCUT2D eigenvalue weighted by atomic mass is 16.5. The first-order valence-electron chi connectivity index (χ1n) is 7.37. The van der Waals surface area contributed by atoms with Crippen molar-refractivity contribution in [3.8, 4) is 6.07 Å². The average Bonchev–Trinajstić information content (AvgIpc) is 2.96. The molecule has 0 bridgehead atoms. The van der Waals surface area contributed by atoms with E-state index < -0.39 is 0 Å². The Morgan fingerprint density at radius 3 is 2.24 bits per heavy atom. The summed E-state index contributed by atoms with van der Waals surface area (Å²) in [6.07, 6.45) is 0. The Kier molecular flexibility index (Phi) is 3.92. The van der Waals surface area contributed by atoms with Crippen LogP contribution in [0.3, 0.4) is 0 Å². The monoisotopic (exact) mass is 291 g/mol. The molecule has 0 aromatic carbocycles. The molecule has 0 radical (unpaired) electrons. The van der Waals surface area contributed by atoms with E-state index in [0.717, 1.165) is 0 Å². The first-order chi connectivity index (χ1) is 9.63. The Morgan fingerprint density at radius 2 is 1.81 bits per heavy atom. The van der Waals surface area contributed by atoms with Crippen LogP contribution in [0, 0.1) is 22.2 Å². The molecule has 0 aromatic rings. The van der Waals surface area contributed by atoms with Crippen LogP contribution in [0.15, 0.2) is 16.4 Å². The van der Waals surface area contributed by atoms with Crippen LogP contribution in [0.4, 0.5) is 0 Å². The minimum absolute atomic E-state index is 0.0187. The SMILES string of the molecule is CC(C)(C)[C@H]1COC(C(C#N)=C2N[C@@H](C(C)(C)C)CO2)=N1. The highest BCUT2D eigenvalue weighted by Gasteiger charge is 2.36. The fourth-order valence-corrected chi connectivity index (χ4v) is 2.17. The van der Waals surface area contributed by atoms with E-state index in [-0.39, 0.29) is 22.9 Å². The van der Waals surface area contributed by atoms with Gasteiger partial charge in [0.1, 0.15) is 19.3 Å². The maximum atomic E-state index is 9.44. The van der Waals surface area contributed by atoms with Gasteiger partial charge in [0, 0.05) is 0 Å². The van der Waals surface area contributed by atoms with Gasteiger partial charge in [-0.3, -0.25) is 0 Å². The summed E-state index contributed by atoms with van der Waals surface area (Å²) in [4.78, 5) is 4.56. The zero-order valence-corrected chi connectivity index (χ0v) is 13.8. The maximum absolute atomic E-state index is 9.44. The van der Waals surface area contributed by atoms with E-state index in [2.05, 4.69) is 57.9 Å². The van der Waals surface area contributed by atoms with Crippen LogP contribution in [0.25, 0.3) is 0 Å². The second-order valence-corrected chi connectivity index (χ2v) is 7.82.